The highest BCUT2D eigenvalue weighted by atomic mass is 35.5. The van der Waals surface area contributed by atoms with E-state index >= 15 is 0 Å². The monoisotopic (exact) mass is 691 g/mol. The number of amides is 2. The second-order valence-electron chi connectivity index (χ2n) is 9.70. The maximum atomic E-state index is 13.3. The number of piperazine rings is 1. The molecule has 2 amide bonds. The van der Waals surface area contributed by atoms with Crippen molar-refractivity contribution < 1.29 is 37.4 Å². The first-order chi connectivity index (χ1) is 22.4. The van der Waals surface area contributed by atoms with Crippen molar-refractivity contribution in [3.05, 3.63) is 105 Å². The van der Waals surface area contributed by atoms with E-state index in [0.29, 0.717) is 29.7 Å². The summed E-state index contributed by atoms with van der Waals surface area (Å²) in [6.07, 6.45) is -4.61. The molecule has 0 spiro atoms. The van der Waals surface area contributed by atoms with E-state index in [1.54, 1.807) is 30.3 Å². The molecule has 12 nitrogen and oxygen atoms in total. The molecule has 0 radical (unpaired) electrons. The molecule has 2 aromatic carbocycles. The zero-order valence-electron chi connectivity index (χ0n) is 24.3. The lowest BCUT2D eigenvalue weighted by atomic mass is 10.1. The van der Waals surface area contributed by atoms with Gasteiger partial charge in [0.1, 0.15) is 12.4 Å². The molecule has 0 unspecified atom stereocenters. The Balaban J connectivity index is 0.000000427. The van der Waals surface area contributed by atoms with Crippen LogP contribution in [0.25, 0.3) is 0 Å². The number of alkyl halides is 3. The molecule has 246 valence electrons. The van der Waals surface area contributed by atoms with Gasteiger partial charge in [0.05, 0.1) is 17.7 Å². The van der Waals surface area contributed by atoms with Crippen LogP contribution in [0.4, 0.5) is 19.0 Å². The Kier molecular flexibility index (Phi) is 11.9. The van der Waals surface area contributed by atoms with Gasteiger partial charge in [-0.05, 0) is 60.7 Å². The summed E-state index contributed by atoms with van der Waals surface area (Å²) in [4.78, 5) is 38.5. The molecule has 47 heavy (non-hydrogen) atoms. The number of hydrogen-bond acceptors (Lipinski definition) is 9. The third-order valence-electron chi connectivity index (χ3n) is 6.56. The minimum Gasteiger partial charge on any atom is -0.492 e. The van der Waals surface area contributed by atoms with Crippen molar-refractivity contribution in [3.63, 3.8) is 0 Å². The van der Waals surface area contributed by atoms with Gasteiger partial charge in [-0.2, -0.15) is 13.2 Å². The van der Waals surface area contributed by atoms with Crippen LogP contribution in [0, 0.1) is 0 Å². The highest BCUT2D eigenvalue weighted by Gasteiger charge is 2.36. The van der Waals surface area contributed by atoms with Crippen molar-refractivity contribution >= 4 is 46.8 Å². The number of benzene rings is 2. The molecule has 1 aliphatic heterocycles. The van der Waals surface area contributed by atoms with Gasteiger partial charge in [-0.1, -0.05) is 35.3 Å². The number of halogens is 5. The van der Waals surface area contributed by atoms with Crippen LogP contribution in [-0.2, 0) is 6.18 Å². The predicted octanol–water partition coefficient (Wildman–Crippen LogP) is 4.75. The molecule has 0 aliphatic carbocycles. The average molecular weight is 692 g/mol. The average Bonchev–Trinajstić information content (AvgIpc) is 3.07. The molecule has 5 rings (SSSR count). The van der Waals surface area contributed by atoms with E-state index < -0.39 is 29.5 Å². The van der Waals surface area contributed by atoms with Crippen LogP contribution in [0.2, 0.25) is 10.2 Å². The van der Waals surface area contributed by atoms with Crippen LogP contribution in [0.1, 0.15) is 36.9 Å². The van der Waals surface area contributed by atoms with E-state index in [9.17, 15) is 27.6 Å². The van der Waals surface area contributed by atoms with Gasteiger partial charge in [-0.15, -0.1) is 20.4 Å². The molecule has 4 aromatic rings. The smallest absolute Gasteiger partial charge is 0.417 e. The third-order valence-corrected chi connectivity index (χ3v) is 7.01. The molecule has 0 bridgehead atoms. The molecule has 3 heterocycles. The Hall–Kier alpha value is -5.02. The number of carbonyl (C=O) groups is 3. The summed E-state index contributed by atoms with van der Waals surface area (Å²) in [6.45, 7) is 1.70. The maximum Gasteiger partial charge on any atom is 0.417 e. The van der Waals surface area contributed by atoms with Crippen molar-refractivity contribution in [1.82, 2.24) is 30.6 Å². The van der Waals surface area contributed by atoms with Gasteiger partial charge in [0.2, 0.25) is 0 Å². The first-order valence-electron chi connectivity index (χ1n) is 13.9. The van der Waals surface area contributed by atoms with Gasteiger partial charge in [0.15, 0.2) is 22.4 Å². The van der Waals surface area contributed by atoms with Crippen LogP contribution in [0.15, 0.2) is 72.8 Å². The summed E-state index contributed by atoms with van der Waals surface area (Å²) in [7, 11) is 0. The van der Waals surface area contributed by atoms with Gasteiger partial charge >= 0.3 is 12.1 Å². The summed E-state index contributed by atoms with van der Waals surface area (Å²) in [5.41, 5.74) is -1.28. The molecule has 0 atom stereocenters. The fourth-order valence-corrected chi connectivity index (χ4v) is 4.45. The highest BCUT2D eigenvalue weighted by Crippen LogP contribution is 2.32. The Morgan fingerprint density at radius 1 is 0.830 bits per heavy atom. The summed E-state index contributed by atoms with van der Waals surface area (Å²) < 4.78 is 45.4. The molecule has 0 saturated carbocycles. The van der Waals surface area contributed by atoms with Crippen LogP contribution in [0.5, 0.6) is 5.75 Å². The minimum absolute atomic E-state index is 0.107. The van der Waals surface area contributed by atoms with Gasteiger partial charge in [0, 0.05) is 31.2 Å². The number of rotatable bonds is 8. The topological polar surface area (TPSA) is 151 Å². The van der Waals surface area contributed by atoms with Crippen LogP contribution in [-0.4, -0.2) is 87.5 Å². The van der Waals surface area contributed by atoms with Gasteiger partial charge < -0.3 is 25.0 Å². The normalized spacial score (nSPS) is 12.9. The number of nitrogens with zero attached hydrogens (tertiary/aromatic N) is 6. The number of carboxylic acids is 1. The Bertz CT molecular complexity index is 1670. The number of aromatic nitrogens is 4. The lowest BCUT2D eigenvalue weighted by molar-refractivity contribution is -0.138. The molecular weight excluding hydrogens is 666 g/mol. The zero-order valence-corrected chi connectivity index (χ0v) is 25.8. The molecule has 1 aliphatic rings. The molecular formula is C30H26Cl2F3N7O5. The molecule has 2 N–H and O–H groups in total. The number of carboxylic acid groups (broad SMARTS) is 1. The van der Waals surface area contributed by atoms with E-state index in [-0.39, 0.29) is 48.3 Å². The Labute approximate surface area is 276 Å². The molecule has 1 fully saturated rings. The van der Waals surface area contributed by atoms with E-state index in [0.717, 1.165) is 6.07 Å². The van der Waals surface area contributed by atoms with Gasteiger partial charge in [0.25, 0.3) is 11.8 Å². The van der Waals surface area contributed by atoms with E-state index in [1.807, 2.05) is 4.90 Å². The third kappa shape index (κ3) is 9.98. The minimum atomic E-state index is -4.61. The standard InChI is InChI=1S/C25H23ClF3N5O3.C5H3ClN2O2/c26-17-5-7-18(8-6-17)37-16-11-30-23(35)21-9-10-22(32-31-21)33-12-14-34(15-13-33)24(36)19-3-1-2-4-20(19)25(27,28)29;6-4-2-1-3(5(9)10)7-8-4/h1-10H,11-16H2,(H,30,35);1-2H,(H,9,10). The second-order valence-corrected chi connectivity index (χ2v) is 10.5. The molecule has 2 aromatic heterocycles. The number of hydrogen-bond donors (Lipinski definition) is 2. The maximum absolute atomic E-state index is 13.3. The fraction of sp³-hybridized carbons (Fsp3) is 0.233. The van der Waals surface area contributed by atoms with Gasteiger partial charge in [-0.3, -0.25) is 9.59 Å². The number of ether oxygens (including phenoxy) is 1. The van der Waals surface area contributed by atoms with Crippen molar-refractivity contribution in [2.24, 2.45) is 0 Å². The van der Waals surface area contributed by atoms with Crippen LogP contribution in [0.3, 0.4) is 0 Å². The van der Waals surface area contributed by atoms with Crippen LogP contribution < -0.4 is 15.0 Å². The van der Waals surface area contributed by atoms with Crippen molar-refractivity contribution in [3.8, 4) is 5.75 Å². The lowest BCUT2D eigenvalue weighted by Crippen LogP contribution is -2.49. The van der Waals surface area contributed by atoms with Crippen molar-refractivity contribution in [1.29, 1.82) is 0 Å². The van der Waals surface area contributed by atoms with E-state index in [4.69, 9.17) is 33.0 Å². The van der Waals surface area contributed by atoms with E-state index in [1.165, 1.54) is 41.3 Å². The summed E-state index contributed by atoms with van der Waals surface area (Å²) in [6, 6.07) is 17.5. The highest BCUT2D eigenvalue weighted by molar-refractivity contribution is 6.30. The molecule has 17 heteroatoms. The van der Waals surface area contributed by atoms with Crippen LogP contribution >= 0.6 is 23.2 Å². The SMILES string of the molecule is O=C(NCCOc1ccc(Cl)cc1)c1ccc(N2CCN(C(=O)c3ccccc3C(F)(F)F)CC2)nn1.O=C(O)c1ccc(Cl)nn1. The Morgan fingerprint density at radius 3 is 2.09 bits per heavy atom. The Morgan fingerprint density at radius 2 is 1.49 bits per heavy atom. The quantitative estimate of drug-likeness (QED) is 0.248. The summed E-state index contributed by atoms with van der Waals surface area (Å²) >= 11 is 11.2. The summed E-state index contributed by atoms with van der Waals surface area (Å²) in [5, 5.41) is 26.5. The second kappa shape index (κ2) is 16.0. The lowest BCUT2D eigenvalue weighted by Gasteiger charge is -2.35. The van der Waals surface area contributed by atoms with Crippen molar-refractivity contribution in [2.45, 2.75) is 6.18 Å². The fourth-order valence-electron chi connectivity index (χ4n) is 4.23. The summed E-state index contributed by atoms with van der Waals surface area (Å²) in [5.74, 6) is -1.04. The first kappa shape index (κ1) is 34.8. The number of carbonyl (C=O) groups excluding carboxylic acids is 2. The van der Waals surface area contributed by atoms with Crippen molar-refractivity contribution in [2.75, 3.05) is 44.2 Å². The number of aromatic carboxylic acids is 1. The number of anilines is 1. The largest absolute Gasteiger partial charge is 0.492 e. The molecule has 1 saturated heterocycles. The van der Waals surface area contributed by atoms with E-state index in [2.05, 4.69) is 25.7 Å². The zero-order chi connectivity index (χ0) is 34.0. The number of nitrogens with one attached hydrogen (secondary N) is 1. The van der Waals surface area contributed by atoms with Gasteiger partial charge in [-0.25, -0.2) is 4.79 Å². The first-order valence-corrected chi connectivity index (χ1v) is 14.6. The predicted molar refractivity (Wildman–Crippen MR) is 165 cm³/mol.